The van der Waals surface area contributed by atoms with E-state index in [9.17, 15) is 18.0 Å². The number of amides is 2. The molecule has 2 amide bonds. The number of nitrogens with one attached hydrogen (secondary N) is 2. The topological polar surface area (TPSA) is 92.3 Å². The van der Waals surface area contributed by atoms with Gasteiger partial charge in [0.2, 0.25) is 11.8 Å². The Morgan fingerprint density at radius 3 is 2.16 bits per heavy atom. The van der Waals surface area contributed by atoms with Crippen LogP contribution < -0.4 is 10.6 Å². The molecule has 132 valence electrons. The van der Waals surface area contributed by atoms with Gasteiger partial charge in [0.25, 0.3) is 0 Å². The quantitative estimate of drug-likeness (QED) is 0.828. The van der Waals surface area contributed by atoms with Crippen LogP contribution >= 0.6 is 0 Å². The minimum atomic E-state index is -3.51. The zero-order valence-corrected chi connectivity index (χ0v) is 14.9. The lowest BCUT2D eigenvalue weighted by molar-refractivity contribution is -0.116. The first-order chi connectivity index (χ1) is 11.8. The second-order valence-corrected chi connectivity index (χ2v) is 7.80. The maximum absolute atomic E-state index is 12.2. The smallest absolute Gasteiger partial charge is 0.225 e. The summed E-state index contributed by atoms with van der Waals surface area (Å²) >= 11 is 0. The summed E-state index contributed by atoms with van der Waals surface area (Å²) in [6, 6.07) is 13.2. The lowest BCUT2D eigenvalue weighted by Crippen LogP contribution is -2.17. The van der Waals surface area contributed by atoms with Gasteiger partial charge in [-0.15, -0.1) is 0 Å². The van der Waals surface area contributed by atoms with E-state index in [1.807, 2.05) is 6.92 Å². The second kappa shape index (κ2) is 7.94. The molecule has 0 heterocycles. The number of anilines is 2. The van der Waals surface area contributed by atoms with Crippen LogP contribution in [0, 0.1) is 6.92 Å². The summed E-state index contributed by atoms with van der Waals surface area (Å²) in [6.07, 6.45) is -0.152. The summed E-state index contributed by atoms with van der Waals surface area (Å²) in [5.74, 6) is -0.892. The number of aryl methyl sites for hydroxylation is 1. The van der Waals surface area contributed by atoms with Gasteiger partial charge in [-0.2, -0.15) is 0 Å². The van der Waals surface area contributed by atoms with Crippen molar-refractivity contribution in [1.29, 1.82) is 0 Å². The first kappa shape index (κ1) is 18.7. The summed E-state index contributed by atoms with van der Waals surface area (Å²) in [7, 11) is -3.51. The predicted molar refractivity (Wildman–Crippen MR) is 97.2 cm³/mol. The van der Waals surface area contributed by atoms with Crippen molar-refractivity contribution in [2.75, 3.05) is 16.4 Å². The van der Waals surface area contributed by atoms with Crippen molar-refractivity contribution in [3.8, 4) is 0 Å². The second-order valence-electron chi connectivity index (χ2n) is 5.69. The molecule has 2 aromatic rings. The molecule has 2 rings (SSSR count). The van der Waals surface area contributed by atoms with Gasteiger partial charge in [-0.25, -0.2) is 8.42 Å². The summed E-state index contributed by atoms with van der Waals surface area (Å²) in [4.78, 5) is 23.3. The van der Waals surface area contributed by atoms with Crippen molar-refractivity contribution in [3.05, 3.63) is 54.1 Å². The van der Waals surface area contributed by atoms with Gasteiger partial charge in [0, 0.05) is 24.7 Å². The number of carbonyl (C=O) groups excluding carboxylic acids is 2. The van der Waals surface area contributed by atoms with E-state index in [0.29, 0.717) is 11.4 Å². The third-order valence-corrected chi connectivity index (χ3v) is 5.18. The van der Waals surface area contributed by atoms with Crippen LogP contribution in [0.4, 0.5) is 11.4 Å². The Hall–Kier alpha value is -2.67. The molecule has 0 aliphatic rings. The highest BCUT2D eigenvalue weighted by molar-refractivity contribution is 7.91. The van der Waals surface area contributed by atoms with Crippen LogP contribution in [0.25, 0.3) is 0 Å². The minimum absolute atomic E-state index is 0.152. The van der Waals surface area contributed by atoms with E-state index in [-0.39, 0.29) is 23.0 Å². The van der Waals surface area contributed by atoms with E-state index in [0.717, 1.165) is 5.56 Å². The molecule has 2 N–H and O–H groups in total. The molecule has 0 aromatic heterocycles. The average Bonchev–Trinajstić information content (AvgIpc) is 2.53. The molecule has 0 spiro atoms. The third-order valence-electron chi connectivity index (χ3n) is 3.44. The van der Waals surface area contributed by atoms with Gasteiger partial charge in [0.1, 0.15) is 0 Å². The van der Waals surface area contributed by atoms with Gasteiger partial charge in [-0.3, -0.25) is 9.59 Å². The van der Waals surface area contributed by atoms with Gasteiger partial charge >= 0.3 is 0 Å². The molecular formula is C18H20N2O4S. The standard InChI is InChI=1S/C18H20N2O4S/c1-13-6-8-17(9-7-13)25(23,24)11-10-18(22)20-16-5-3-4-15(12-16)19-14(2)21/h3-9,12H,10-11H2,1-2H3,(H,19,21)(H,20,22). The summed E-state index contributed by atoms with van der Waals surface area (Å²) in [5, 5.41) is 5.25. The van der Waals surface area contributed by atoms with Crippen LogP contribution in [0.3, 0.4) is 0 Å². The van der Waals surface area contributed by atoms with Crippen LogP contribution in [-0.4, -0.2) is 26.0 Å². The molecule has 0 bridgehead atoms. The highest BCUT2D eigenvalue weighted by atomic mass is 32.2. The Balaban J connectivity index is 1.96. The number of hydrogen-bond acceptors (Lipinski definition) is 4. The molecule has 25 heavy (non-hydrogen) atoms. The van der Waals surface area contributed by atoms with Crippen molar-refractivity contribution in [3.63, 3.8) is 0 Å². The molecule has 0 radical (unpaired) electrons. The summed E-state index contributed by atoms with van der Waals surface area (Å²) in [5.41, 5.74) is 2.01. The molecule has 0 fully saturated rings. The average molecular weight is 360 g/mol. The maximum atomic E-state index is 12.2. The number of benzene rings is 2. The van der Waals surface area contributed by atoms with Crippen molar-refractivity contribution < 1.29 is 18.0 Å². The predicted octanol–water partition coefficient (Wildman–Crippen LogP) is 2.76. The van der Waals surface area contributed by atoms with E-state index < -0.39 is 15.7 Å². The lowest BCUT2D eigenvalue weighted by atomic mass is 10.2. The molecule has 0 saturated carbocycles. The molecule has 6 nitrogen and oxygen atoms in total. The van der Waals surface area contributed by atoms with Gasteiger partial charge in [0.05, 0.1) is 10.6 Å². The Labute approximate surface area is 147 Å². The number of rotatable bonds is 6. The highest BCUT2D eigenvalue weighted by Gasteiger charge is 2.16. The zero-order valence-electron chi connectivity index (χ0n) is 14.1. The monoisotopic (exact) mass is 360 g/mol. The molecule has 0 saturated heterocycles. The van der Waals surface area contributed by atoms with Crippen molar-refractivity contribution in [2.24, 2.45) is 0 Å². The molecule has 0 aliphatic carbocycles. The summed E-state index contributed by atoms with van der Waals surface area (Å²) < 4.78 is 24.5. The van der Waals surface area contributed by atoms with Crippen LogP contribution in [0.15, 0.2) is 53.4 Å². The SMILES string of the molecule is CC(=O)Nc1cccc(NC(=O)CCS(=O)(=O)c2ccc(C)cc2)c1. The fourth-order valence-electron chi connectivity index (χ4n) is 2.19. The first-order valence-electron chi connectivity index (χ1n) is 7.73. The maximum Gasteiger partial charge on any atom is 0.225 e. The molecule has 0 unspecified atom stereocenters. The van der Waals surface area contributed by atoms with E-state index in [1.54, 1.807) is 48.5 Å². The molecule has 0 aliphatic heterocycles. The van der Waals surface area contributed by atoms with Crippen molar-refractivity contribution in [2.45, 2.75) is 25.2 Å². The minimum Gasteiger partial charge on any atom is -0.326 e. The van der Waals surface area contributed by atoms with E-state index >= 15 is 0 Å². The molecule has 0 atom stereocenters. The largest absolute Gasteiger partial charge is 0.326 e. The number of sulfone groups is 1. The van der Waals surface area contributed by atoms with Crippen molar-refractivity contribution >= 4 is 33.0 Å². The molecule has 7 heteroatoms. The Morgan fingerprint density at radius 1 is 0.960 bits per heavy atom. The van der Waals surface area contributed by atoms with Crippen LogP contribution in [0.5, 0.6) is 0 Å². The zero-order chi connectivity index (χ0) is 18.4. The Kier molecular flexibility index (Phi) is 5.93. The fraction of sp³-hybridized carbons (Fsp3) is 0.222. The van der Waals surface area contributed by atoms with Gasteiger partial charge < -0.3 is 10.6 Å². The Morgan fingerprint density at radius 2 is 1.56 bits per heavy atom. The van der Waals surface area contributed by atoms with Gasteiger partial charge in [-0.05, 0) is 37.3 Å². The van der Waals surface area contributed by atoms with Crippen LogP contribution in [0.2, 0.25) is 0 Å². The highest BCUT2D eigenvalue weighted by Crippen LogP contribution is 2.16. The molecular weight excluding hydrogens is 340 g/mol. The third kappa shape index (κ3) is 5.72. The fourth-order valence-corrected chi connectivity index (χ4v) is 3.43. The van der Waals surface area contributed by atoms with E-state index in [2.05, 4.69) is 10.6 Å². The normalized spacial score (nSPS) is 11.0. The number of hydrogen-bond donors (Lipinski definition) is 2. The molecule has 2 aromatic carbocycles. The first-order valence-corrected chi connectivity index (χ1v) is 9.38. The van der Waals surface area contributed by atoms with Crippen LogP contribution in [-0.2, 0) is 19.4 Å². The van der Waals surface area contributed by atoms with E-state index in [1.165, 1.54) is 6.92 Å². The van der Waals surface area contributed by atoms with Gasteiger partial charge in [0.15, 0.2) is 9.84 Å². The van der Waals surface area contributed by atoms with E-state index in [4.69, 9.17) is 0 Å². The Bertz CT molecular complexity index is 874. The van der Waals surface area contributed by atoms with Crippen molar-refractivity contribution in [1.82, 2.24) is 0 Å². The summed E-state index contributed by atoms with van der Waals surface area (Å²) in [6.45, 7) is 3.26. The van der Waals surface area contributed by atoms with Crippen LogP contribution in [0.1, 0.15) is 18.9 Å². The lowest BCUT2D eigenvalue weighted by Gasteiger charge is -2.08. The van der Waals surface area contributed by atoms with Gasteiger partial charge in [-0.1, -0.05) is 23.8 Å². The number of carbonyl (C=O) groups is 2.